The molecule has 0 fully saturated rings. The van der Waals surface area contributed by atoms with Crippen molar-refractivity contribution >= 4 is 0 Å². The smallest absolute Gasteiger partial charge is 0.161 e. The molecule has 0 aromatic heterocycles. The van der Waals surface area contributed by atoms with Crippen LogP contribution in [-0.4, -0.2) is 31.0 Å². The second-order valence-corrected chi connectivity index (χ2v) is 10.0. The number of hydrogen-bond acceptors (Lipinski definition) is 4. The molecule has 174 valence electrons. The molecule has 1 unspecified atom stereocenters. The lowest BCUT2D eigenvalue weighted by molar-refractivity contribution is 0.165. The van der Waals surface area contributed by atoms with E-state index in [9.17, 15) is 5.11 Å². The monoisotopic (exact) mass is 421 g/mol. The molecule has 0 amide bonds. The highest BCUT2D eigenvalue weighted by molar-refractivity contribution is 5.43. The van der Waals surface area contributed by atoms with Crippen molar-refractivity contribution in [1.29, 1.82) is 0 Å². The van der Waals surface area contributed by atoms with Crippen LogP contribution in [0.5, 0.6) is 11.5 Å². The van der Waals surface area contributed by atoms with Crippen molar-refractivity contribution in [3.05, 3.63) is 23.8 Å². The highest BCUT2D eigenvalue weighted by atomic mass is 16.5. The van der Waals surface area contributed by atoms with E-state index in [1.54, 1.807) is 7.11 Å². The number of hydrogen-bond donors (Lipinski definition) is 2. The van der Waals surface area contributed by atoms with Crippen LogP contribution in [0.4, 0.5) is 0 Å². The van der Waals surface area contributed by atoms with Crippen LogP contribution in [0.1, 0.15) is 85.1 Å². The molecule has 0 spiro atoms. The van der Waals surface area contributed by atoms with Crippen LogP contribution in [0, 0.1) is 17.8 Å². The summed E-state index contributed by atoms with van der Waals surface area (Å²) in [6.07, 6.45) is 8.61. The molecular formula is C26H47NO3. The highest BCUT2D eigenvalue weighted by Gasteiger charge is 2.25. The zero-order valence-electron chi connectivity index (χ0n) is 20.4. The quantitative estimate of drug-likeness (QED) is 0.322. The average Bonchev–Trinajstić information content (AvgIpc) is 2.69. The van der Waals surface area contributed by atoms with Crippen LogP contribution in [-0.2, 0) is 6.42 Å². The van der Waals surface area contributed by atoms with Crippen LogP contribution >= 0.6 is 0 Å². The van der Waals surface area contributed by atoms with E-state index in [-0.39, 0.29) is 6.61 Å². The maximum absolute atomic E-state index is 9.72. The van der Waals surface area contributed by atoms with E-state index in [4.69, 9.17) is 15.2 Å². The predicted molar refractivity (Wildman–Crippen MR) is 127 cm³/mol. The molecule has 30 heavy (non-hydrogen) atoms. The van der Waals surface area contributed by atoms with Crippen LogP contribution in [0.15, 0.2) is 18.2 Å². The largest absolute Gasteiger partial charge is 0.493 e. The second-order valence-electron chi connectivity index (χ2n) is 10.0. The molecule has 0 radical (unpaired) electrons. The van der Waals surface area contributed by atoms with Crippen molar-refractivity contribution in [1.82, 2.24) is 0 Å². The SMILES string of the molecule is COc1cc(CC[C@@](N)(CO)CC(C)C)ccc1OCCCC(C)CCCC(C)C. The van der Waals surface area contributed by atoms with Gasteiger partial charge < -0.3 is 20.3 Å². The second kappa shape index (κ2) is 13.9. The standard InChI is InChI=1S/C26H47NO3/c1-20(2)9-7-10-22(5)11-8-16-30-24-13-12-23(17-25(24)29-6)14-15-26(27,19-28)18-21(3)4/h12-13,17,20-22,28H,7-11,14-16,18-19,27H2,1-6H3/t22?,26-/m0/s1. The van der Waals surface area contributed by atoms with Gasteiger partial charge in [-0.15, -0.1) is 0 Å². The Morgan fingerprint density at radius 3 is 2.27 bits per heavy atom. The van der Waals surface area contributed by atoms with E-state index in [1.165, 1.54) is 25.7 Å². The number of methoxy groups -OCH3 is 1. The Morgan fingerprint density at radius 1 is 0.967 bits per heavy atom. The molecule has 0 aliphatic rings. The third-order valence-corrected chi connectivity index (χ3v) is 5.85. The van der Waals surface area contributed by atoms with Gasteiger partial charge in [0.15, 0.2) is 11.5 Å². The maximum atomic E-state index is 9.72. The third-order valence-electron chi connectivity index (χ3n) is 5.85. The maximum Gasteiger partial charge on any atom is 0.161 e. The Balaban J connectivity index is 2.48. The molecule has 0 saturated carbocycles. The van der Waals surface area contributed by atoms with Gasteiger partial charge in [0.05, 0.1) is 20.3 Å². The van der Waals surface area contributed by atoms with Gasteiger partial charge in [-0.25, -0.2) is 0 Å². The van der Waals surface area contributed by atoms with E-state index >= 15 is 0 Å². The van der Waals surface area contributed by atoms with Crippen LogP contribution in [0.25, 0.3) is 0 Å². The molecule has 0 saturated heterocycles. The van der Waals surface area contributed by atoms with Gasteiger partial charge in [0.25, 0.3) is 0 Å². The Labute approximate surface area is 185 Å². The zero-order chi connectivity index (χ0) is 22.6. The molecule has 0 aliphatic heterocycles. The number of rotatable bonds is 16. The number of aryl methyl sites for hydroxylation is 1. The van der Waals surface area contributed by atoms with Crippen molar-refractivity contribution < 1.29 is 14.6 Å². The zero-order valence-corrected chi connectivity index (χ0v) is 20.4. The lowest BCUT2D eigenvalue weighted by Crippen LogP contribution is -2.45. The molecular weight excluding hydrogens is 374 g/mol. The summed E-state index contributed by atoms with van der Waals surface area (Å²) in [5.41, 5.74) is 7.02. The normalized spacial score (nSPS) is 14.7. The van der Waals surface area contributed by atoms with Crippen LogP contribution < -0.4 is 15.2 Å². The molecule has 1 aromatic rings. The first kappa shape index (κ1) is 26.8. The van der Waals surface area contributed by atoms with Gasteiger partial charge >= 0.3 is 0 Å². The Kier molecular flexibility index (Phi) is 12.4. The van der Waals surface area contributed by atoms with Crippen LogP contribution in [0.2, 0.25) is 0 Å². The van der Waals surface area contributed by atoms with E-state index < -0.39 is 5.54 Å². The minimum atomic E-state index is -0.525. The van der Waals surface area contributed by atoms with Gasteiger partial charge in [0.2, 0.25) is 0 Å². The Bertz CT molecular complexity index is 588. The number of benzene rings is 1. The van der Waals surface area contributed by atoms with Crippen molar-refractivity contribution in [3.63, 3.8) is 0 Å². The highest BCUT2D eigenvalue weighted by Crippen LogP contribution is 2.30. The first-order chi connectivity index (χ1) is 14.2. The summed E-state index contributed by atoms with van der Waals surface area (Å²) in [6, 6.07) is 6.12. The summed E-state index contributed by atoms with van der Waals surface area (Å²) in [6.45, 7) is 11.9. The fourth-order valence-electron chi connectivity index (χ4n) is 4.07. The van der Waals surface area contributed by atoms with Gasteiger partial charge in [-0.1, -0.05) is 59.9 Å². The predicted octanol–water partition coefficient (Wildman–Crippen LogP) is 5.99. The molecule has 2 atom stereocenters. The van der Waals surface area contributed by atoms with E-state index in [0.29, 0.717) is 5.92 Å². The van der Waals surface area contributed by atoms with Crippen molar-refractivity contribution in [2.45, 2.75) is 91.5 Å². The van der Waals surface area contributed by atoms with E-state index in [2.05, 4.69) is 40.7 Å². The number of aliphatic hydroxyl groups is 1. The first-order valence-corrected chi connectivity index (χ1v) is 11.9. The summed E-state index contributed by atoms with van der Waals surface area (Å²) >= 11 is 0. The number of ether oxygens (including phenoxy) is 2. The van der Waals surface area contributed by atoms with Gasteiger partial charge in [0, 0.05) is 5.54 Å². The topological polar surface area (TPSA) is 64.7 Å². The average molecular weight is 422 g/mol. The molecule has 3 N–H and O–H groups in total. The summed E-state index contributed by atoms with van der Waals surface area (Å²) in [5.74, 6) is 3.59. The summed E-state index contributed by atoms with van der Waals surface area (Å²) in [5, 5.41) is 9.72. The van der Waals surface area contributed by atoms with E-state index in [1.807, 2.05) is 12.1 Å². The van der Waals surface area contributed by atoms with Crippen molar-refractivity contribution in [3.8, 4) is 11.5 Å². The van der Waals surface area contributed by atoms with Gasteiger partial charge in [-0.3, -0.25) is 0 Å². The van der Waals surface area contributed by atoms with E-state index in [0.717, 1.165) is 61.2 Å². The summed E-state index contributed by atoms with van der Waals surface area (Å²) in [7, 11) is 1.68. The molecule has 4 nitrogen and oxygen atoms in total. The fourth-order valence-corrected chi connectivity index (χ4v) is 4.07. The Hall–Kier alpha value is -1.26. The lowest BCUT2D eigenvalue weighted by Gasteiger charge is -2.29. The number of aliphatic hydroxyl groups excluding tert-OH is 1. The first-order valence-electron chi connectivity index (χ1n) is 11.9. The molecule has 0 heterocycles. The summed E-state index contributed by atoms with van der Waals surface area (Å²) in [4.78, 5) is 0. The van der Waals surface area contributed by atoms with Gasteiger partial charge in [-0.05, 0) is 67.6 Å². The minimum Gasteiger partial charge on any atom is -0.493 e. The minimum absolute atomic E-state index is 0.0133. The lowest BCUT2D eigenvalue weighted by atomic mass is 9.85. The summed E-state index contributed by atoms with van der Waals surface area (Å²) < 4.78 is 11.6. The molecule has 0 bridgehead atoms. The van der Waals surface area contributed by atoms with Gasteiger partial charge in [-0.2, -0.15) is 0 Å². The van der Waals surface area contributed by atoms with Crippen molar-refractivity contribution in [2.24, 2.45) is 23.5 Å². The van der Waals surface area contributed by atoms with Crippen LogP contribution in [0.3, 0.4) is 0 Å². The Morgan fingerprint density at radius 2 is 1.67 bits per heavy atom. The molecule has 0 aliphatic carbocycles. The number of nitrogens with two attached hydrogens (primary N) is 1. The third kappa shape index (κ3) is 10.7. The molecule has 1 aromatic carbocycles. The fraction of sp³-hybridized carbons (Fsp3) is 0.769. The van der Waals surface area contributed by atoms with Crippen molar-refractivity contribution in [2.75, 3.05) is 20.3 Å². The molecule has 1 rings (SSSR count). The van der Waals surface area contributed by atoms with Gasteiger partial charge in [0.1, 0.15) is 0 Å². The molecule has 4 heteroatoms.